The fourth-order valence-corrected chi connectivity index (χ4v) is 3.62. The summed E-state index contributed by atoms with van der Waals surface area (Å²) in [5.74, 6) is -0.479. The topological polar surface area (TPSA) is 89.7 Å². The van der Waals surface area contributed by atoms with Gasteiger partial charge in [0.2, 0.25) is 0 Å². The summed E-state index contributed by atoms with van der Waals surface area (Å²) in [4.78, 5) is 14.2. The van der Waals surface area contributed by atoms with Crippen molar-refractivity contribution in [1.82, 2.24) is 25.3 Å². The molecular weight excluding hydrogens is 383 g/mol. The maximum Gasteiger partial charge on any atom is 0.322 e. The lowest BCUT2D eigenvalue weighted by Gasteiger charge is -2.29. The summed E-state index contributed by atoms with van der Waals surface area (Å²) in [6.07, 6.45) is 3.49. The van der Waals surface area contributed by atoms with E-state index in [1.165, 1.54) is 12.1 Å². The minimum atomic E-state index is -0.479. The van der Waals surface area contributed by atoms with Crippen molar-refractivity contribution >= 4 is 34.2 Å². The van der Waals surface area contributed by atoms with Crippen LogP contribution >= 0.6 is 11.6 Å². The van der Waals surface area contributed by atoms with Crippen LogP contribution in [0.4, 0.5) is 14.9 Å². The van der Waals surface area contributed by atoms with Gasteiger partial charge in [-0.15, -0.1) is 0 Å². The van der Waals surface area contributed by atoms with Crippen LogP contribution in [0, 0.1) is 5.82 Å². The van der Waals surface area contributed by atoms with Gasteiger partial charge in [-0.3, -0.25) is 10.2 Å². The number of aromatic amines is 2. The van der Waals surface area contributed by atoms with Gasteiger partial charge in [0.1, 0.15) is 11.5 Å². The first-order valence-corrected chi connectivity index (χ1v) is 8.96. The van der Waals surface area contributed by atoms with Crippen LogP contribution in [0.15, 0.2) is 42.7 Å². The van der Waals surface area contributed by atoms with Crippen LogP contribution in [0.2, 0.25) is 5.02 Å². The van der Waals surface area contributed by atoms with Crippen LogP contribution in [-0.4, -0.2) is 31.3 Å². The number of aromatic nitrogens is 4. The number of carbonyl (C=O) groups is 1. The van der Waals surface area contributed by atoms with E-state index in [-0.39, 0.29) is 11.1 Å². The summed E-state index contributed by atoms with van der Waals surface area (Å²) in [7, 11) is 0. The maximum atomic E-state index is 13.4. The van der Waals surface area contributed by atoms with E-state index in [2.05, 4.69) is 25.7 Å². The molecule has 0 saturated heterocycles. The molecule has 7 nitrogen and oxygen atoms in total. The Morgan fingerprint density at radius 2 is 2.14 bits per heavy atom. The number of nitrogens with one attached hydrogen (secondary N) is 3. The fraction of sp³-hybridized carbons (Fsp3) is 0.105. The van der Waals surface area contributed by atoms with Crippen LogP contribution in [0.5, 0.6) is 0 Å². The van der Waals surface area contributed by atoms with Gasteiger partial charge >= 0.3 is 6.03 Å². The highest BCUT2D eigenvalue weighted by molar-refractivity contribution is 6.30. The first-order valence-electron chi connectivity index (χ1n) is 8.58. The van der Waals surface area contributed by atoms with Crippen molar-refractivity contribution in [2.75, 3.05) is 5.32 Å². The van der Waals surface area contributed by atoms with E-state index >= 15 is 0 Å². The Hall–Kier alpha value is -3.39. The molecule has 0 radical (unpaired) electrons. The summed E-state index contributed by atoms with van der Waals surface area (Å²) >= 11 is 5.86. The highest BCUT2D eigenvalue weighted by atomic mass is 35.5. The first kappa shape index (κ1) is 16.8. The van der Waals surface area contributed by atoms with Crippen molar-refractivity contribution < 1.29 is 9.18 Å². The third kappa shape index (κ3) is 2.78. The zero-order valence-electron chi connectivity index (χ0n) is 14.5. The minimum absolute atomic E-state index is 0.0418. The molecule has 28 heavy (non-hydrogen) atoms. The quantitative estimate of drug-likeness (QED) is 0.482. The molecule has 3 heterocycles. The lowest BCUT2D eigenvalue weighted by molar-refractivity contribution is 0.204. The van der Waals surface area contributed by atoms with Crippen LogP contribution in [0.25, 0.3) is 22.2 Å². The van der Waals surface area contributed by atoms with E-state index in [0.717, 1.165) is 39.0 Å². The molecule has 1 aliphatic heterocycles. The van der Waals surface area contributed by atoms with E-state index in [9.17, 15) is 9.18 Å². The molecule has 0 aliphatic carbocycles. The molecule has 0 unspecified atom stereocenters. The number of fused-ring (bicyclic) bond motifs is 2. The summed E-state index contributed by atoms with van der Waals surface area (Å²) in [5.41, 5.74) is 4.96. The lowest BCUT2D eigenvalue weighted by atomic mass is 10.0. The Labute approximate surface area is 163 Å². The second kappa shape index (κ2) is 6.35. The molecule has 9 heteroatoms. The molecule has 1 aliphatic rings. The summed E-state index contributed by atoms with van der Waals surface area (Å²) in [5, 5.41) is 18.0. The van der Waals surface area contributed by atoms with Gasteiger partial charge in [-0.05, 0) is 35.4 Å². The predicted octanol–water partition coefficient (Wildman–Crippen LogP) is 4.29. The number of amides is 2. The number of urea groups is 1. The zero-order chi connectivity index (χ0) is 19.3. The molecule has 4 aromatic rings. The summed E-state index contributed by atoms with van der Waals surface area (Å²) < 4.78 is 13.4. The Morgan fingerprint density at radius 1 is 1.25 bits per heavy atom. The fourth-order valence-electron chi connectivity index (χ4n) is 3.41. The van der Waals surface area contributed by atoms with Crippen molar-refractivity contribution in [3.05, 3.63) is 64.7 Å². The highest BCUT2D eigenvalue weighted by Crippen LogP contribution is 2.33. The van der Waals surface area contributed by atoms with Gasteiger partial charge in [0.05, 0.1) is 16.7 Å². The molecule has 5 rings (SSSR count). The Balaban J connectivity index is 1.49. The number of nitrogens with zero attached hydrogens (tertiary/aromatic N) is 3. The molecule has 3 N–H and O–H groups in total. The van der Waals surface area contributed by atoms with E-state index in [1.54, 1.807) is 23.4 Å². The Morgan fingerprint density at radius 3 is 2.93 bits per heavy atom. The number of hydrogen-bond donors (Lipinski definition) is 3. The van der Waals surface area contributed by atoms with Crippen molar-refractivity contribution in [2.24, 2.45) is 0 Å². The van der Waals surface area contributed by atoms with Crippen molar-refractivity contribution in [3.63, 3.8) is 0 Å². The van der Waals surface area contributed by atoms with Gasteiger partial charge < -0.3 is 10.2 Å². The van der Waals surface area contributed by atoms with Crippen molar-refractivity contribution in [1.29, 1.82) is 0 Å². The number of hydrogen-bond acceptors (Lipinski definition) is 3. The standard InChI is InChI=1S/C19H14ClFN6O/c20-14-3-10(1-2-15(14)21)8-27-9-11-4-13-17(5-16(11)24-19(27)28)25-26-18(13)12-6-22-23-7-12/h1-7H,8-9H2,(H,22,23)(H,24,28)(H,25,26). The molecule has 2 aromatic heterocycles. The highest BCUT2D eigenvalue weighted by Gasteiger charge is 2.24. The second-order valence-electron chi connectivity index (χ2n) is 6.65. The summed E-state index contributed by atoms with van der Waals surface area (Å²) in [6.45, 7) is 0.741. The molecule has 0 bridgehead atoms. The average molecular weight is 397 g/mol. The number of rotatable bonds is 3. The molecule has 2 amide bonds. The third-order valence-electron chi connectivity index (χ3n) is 4.81. The van der Waals surface area contributed by atoms with E-state index < -0.39 is 5.82 Å². The lowest BCUT2D eigenvalue weighted by Crippen LogP contribution is -2.38. The zero-order valence-corrected chi connectivity index (χ0v) is 15.2. The van der Waals surface area contributed by atoms with Gasteiger partial charge in [0, 0.05) is 35.9 Å². The smallest absolute Gasteiger partial charge is 0.316 e. The van der Waals surface area contributed by atoms with Crippen LogP contribution < -0.4 is 5.32 Å². The molecule has 0 saturated carbocycles. The van der Waals surface area contributed by atoms with Crippen LogP contribution in [0.3, 0.4) is 0 Å². The average Bonchev–Trinajstić information content (AvgIpc) is 3.33. The van der Waals surface area contributed by atoms with Gasteiger partial charge in [-0.25, -0.2) is 9.18 Å². The molecule has 0 atom stereocenters. The van der Waals surface area contributed by atoms with Crippen LogP contribution in [0.1, 0.15) is 11.1 Å². The monoisotopic (exact) mass is 396 g/mol. The van der Waals surface area contributed by atoms with Crippen molar-refractivity contribution in [2.45, 2.75) is 13.1 Å². The largest absolute Gasteiger partial charge is 0.322 e. The molecule has 0 spiro atoms. The van der Waals surface area contributed by atoms with Gasteiger partial charge in [-0.2, -0.15) is 10.2 Å². The number of benzene rings is 2. The van der Waals surface area contributed by atoms with E-state index in [4.69, 9.17) is 11.6 Å². The number of halogens is 2. The summed E-state index contributed by atoms with van der Waals surface area (Å²) in [6, 6.07) is 8.14. The normalized spacial score (nSPS) is 13.6. The molecule has 140 valence electrons. The molecular formula is C19H14ClFN6O. The number of H-pyrrole nitrogens is 2. The first-order chi connectivity index (χ1) is 13.6. The van der Waals surface area contributed by atoms with E-state index in [1.807, 2.05) is 12.1 Å². The molecule has 2 aromatic carbocycles. The molecule has 0 fully saturated rings. The van der Waals surface area contributed by atoms with Crippen molar-refractivity contribution in [3.8, 4) is 11.3 Å². The second-order valence-corrected chi connectivity index (χ2v) is 7.06. The minimum Gasteiger partial charge on any atom is -0.316 e. The van der Waals surface area contributed by atoms with E-state index in [0.29, 0.717) is 13.1 Å². The predicted molar refractivity (Wildman–Crippen MR) is 103 cm³/mol. The number of carbonyl (C=O) groups excluding carboxylic acids is 1. The van der Waals surface area contributed by atoms with Gasteiger partial charge in [0.15, 0.2) is 0 Å². The van der Waals surface area contributed by atoms with Crippen LogP contribution in [-0.2, 0) is 13.1 Å². The Bertz CT molecular complexity index is 1200. The SMILES string of the molecule is O=C1Nc2cc3[nH]nc(-c4cn[nH]c4)c3cc2CN1Cc1ccc(F)c(Cl)c1. The van der Waals surface area contributed by atoms with Gasteiger partial charge in [0.25, 0.3) is 0 Å². The third-order valence-corrected chi connectivity index (χ3v) is 5.10. The number of anilines is 1. The van der Waals surface area contributed by atoms with Gasteiger partial charge in [-0.1, -0.05) is 17.7 Å². The Kier molecular flexibility index (Phi) is 3.80. The maximum absolute atomic E-state index is 13.4.